The summed E-state index contributed by atoms with van der Waals surface area (Å²) < 4.78 is 2.23. The summed E-state index contributed by atoms with van der Waals surface area (Å²) in [5.74, 6) is 0. The van der Waals surface area contributed by atoms with Crippen LogP contribution in [0.3, 0.4) is 0 Å². The molecule has 0 fully saturated rings. The third-order valence-electron chi connectivity index (χ3n) is 3.01. The van der Waals surface area contributed by atoms with Gasteiger partial charge in [0.25, 0.3) is 0 Å². The highest BCUT2D eigenvalue weighted by atomic mass is 16.1. The molecule has 0 spiro atoms. The van der Waals surface area contributed by atoms with Crippen LogP contribution < -0.4 is 5.43 Å². The summed E-state index contributed by atoms with van der Waals surface area (Å²) in [5, 5.41) is 0. The largest absolute Gasteiger partial charge is 0.346 e. The number of pyridine rings is 1. The minimum Gasteiger partial charge on any atom is -0.346 e. The van der Waals surface area contributed by atoms with Crippen molar-refractivity contribution in [2.24, 2.45) is 0 Å². The summed E-state index contributed by atoms with van der Waals surface area (Å²) in [5.41, 5.74) is 4.13. The van der Waals surface area contributed by atoms with Crippen molar-refractivity contribution in [1.82, 2.24) is 4.57 Å². The van der Waals surface area contributed by atoms with Crippen molar-refractivity contribution in [2.45, 2.75) is 47.6 Å². The van der Waals surface area contributed by atoms with E-state index in [1.165, 1.54) is 0 Å². The van der Waals surface area contributed by atoms with Crippen LogP contribution in [0.15, 0.2) is 4.79 Å². The van der Waals surface area contributed by atoms with Crippen LogP contribution in [0.1, 0.15) is 42.4 Å². The Morgan fingerprint density at radius 2 is 1.29 bits per heavy atom. The molecule has 0 atom stereocenters. The van der Waals surface area contributed by atoms with Gasteiger partial charge in [-0.25, -0.2) is 0 Å². The molecule has 2 nitrogen and oxygen atoms in total. The molecule has 0 aliphatic heterocycles. The minimum absolute atomic E-state index is 0.192. The summed E-state index contributed by atoms with van der Waals surface area (Å²) in [6.45, 7) is 12.1. The number of nitrogens with zero attached hydrogens (tertiary/aromatic N) is 1. The molecular formula is C12H19NO. The molecule has 0 aliphatic carbocycles. The Morgan fingerprint density at radius 1 is 0.929 bits per heavy atom. The van der Waals surface area contributed by atoms with Gasteiger partial charge in [0.15, 0.2) is 5.43 Å². The van der Waals surface area contributed by atoms with Gasteiger partial charge in [0.1, 0.15) is 0 Å². The van der Waals surface area contributed by atoms with E-state index in [0.717, 1.165) is 22.5 Å². The standard InChI is InChI=1S/C12H19NO/c1-7(2)13-10(5)8(3)12(14)9(4)11(13)6/h7H,1-6H3. The summed E-state index contributed by atoms with van der Waals surface area (Å²) in [7, 11) is 0. The van der Waals surface area contributed by atoms with E-state index in [1.54, 1.807) is 0 Å². The predicted molar refractivity (Wildman–Crippen MR) is 60.0 cm³/mol. The molecule has 0 unspecified atom stereocenters. The molecule has 1 heterocycles. The van der Waals surface area contributed by atoms with Crippen molar-refractivity contribution in [3.8, 4) is 0 Å². The lowest BCUT2D eigenvalue weighted by Gasteiger charge is -2.21. The first kappa shape index (κ1) is 11.0. The summed E-state index contributed by atoms with van der Waals surface area (Å²) in [6.07, 6.45) is 0. The van der Waals surface area contributed by atoms with Crippen molar-refractivity contribution in [1.29, 1.82) is 0 Å². The highest BCUT2D eigenvalue weighted by Crippen LogP contribution is 2.16. The molecule has 0 amide bonds. The summed E-state index contributed by atoms with van der Waals surface area (Å²) in [4.78, 5) is 11.8. The highest BCUT2D eigenvalue weighted by Gasteiger charge is 2.12. The fourth-order valence-corrected chi connectivity index (χ4v) is 2.00. The zero-order valence-corrected chi connectivity index (χ0v) is 9.93. The van der Waals surface area contributed by atoms with Gasteiger partial charge in [-0.1, -0.05) is 0 Å². The second-order valence-electron chi connectivity index (χ2n) is 4.21. The molecule has 1 aromatic heterocycles. The average molecular weight is 193 g/mol. The highest BCUT2D eigenvalue weighted by molar-refractivity contribution is 5.30. The van der Waals surface area contributed by atoms with Crippen LogP contribution in [0, 0.1) is 27.7 Å². The van der Waals surface area contributed by atoms with E-state index < -0.39 is 0 Å². The van der Waals surface area contributed by atoms with Gasteiger partial charge in [0.2, 0.25) is 0 Å². The molecule has 0 radical (unpaired) electrons. The molecule has 14 heavy (non-hydrogen) atoms. The Balaban J connectivity index is 3.69. The Bertz CT molecular complexity index is 381. The molecule has 0 aliphatic rings. The Morgan fingerprint density at radius 3 is 1.57 bits per heavy atom. The minimum atomic E-state index is 0.192. The SMILES string of the molecule is Cc1c(C)n(C(C)C)c(C)c(C)c1=O. The van der Waals surface area contributed by atoms with E-state index in [1.807, 2.05) is 27.7 Å². The van der Waals surface area contributed by atoms with Crippen molar-refractivity contribution in [2.75, 3.05) is 0 Å². The van der Waals surface area contributed by atoms with E-state index >= 15 is 0 Å². The Hall–Kier alpha value is -1.05. The molecule has 0 saturated heterocycles. The van der Waals surface area contributed by atoms with Crippen LogP contribution in [0.25, 0.3) is 0 Å². The van der Waals surface area contributed by atoms with Crippen molar-refractivity contribution < 1.29 is 0 Å². The van der Waals surface area contributed by atoms with E-state index in [2.05, 4.69) is 18.4 Å². The number of hydrogen-bond acceptors (Lipinski definition) is 1. The van der Waals surface area contributed by atoms with Crippen LogP contribution in [0.2, 0.25) is 0 Å². The van der Waals surface area contributed by atoms with Crippen LogP contribution in [-0.2, 0) is 0 Å². The van der Waals surface area contributed by atoms with Crippen molar-refractivity contribution >= 4 is 0 Å². The smallest absolute Gasteiger partial charge is 0.187 e. The number of hydrogen-bond donors (Lipinski definition) is 0. The Labute approximate surface area is 85.6 Å². The maximum atomic E-state index is 11.8. The molecule has 0 aromatic carbocycles. The van der Waals surface area contributed by atoms with Gasteiger partial charge >= 0.3 is 0 Å². The van der Waals surface area contributed by atoms with Crippen LogP contribution >= 0.6 is 0 Å². The fourth-order valence-electron chi connectivity index (χ4n) is 2.00. The summed E-state index contributed by atoms with van der Waals surface area (Å²) in [6, 6.07) is 0.410. The second kappa shape index (κ2) is 3.60. The third kappa shape index (κ3) is 1.49. The molecule has 0 bridgehead atoms. The van der Waals surface area contributed by atoms with Gasteiger partial charge in [-0.2, -0.15) is 0 Å². The van der Waals surface area contributed by atoms with Gasteiger partial charge < -0.3 is 4.57 Å². The lowest BCUT2D eigenvalue weighted by molar-refractivity contribution is 0.558. The number of aromatic nitrogens is 1. The molecule has 2 heteroatoms. The predicted octanol–water partition coefficient (Wildman–Crippen LogP) is 2.66. The van der Waals surface area contributed by atoms with Gasteiger partial charge in [0, 0.05) is 28.6 Å². The van der Waals surface area contributed by atoms with Crippen LogP contribution in [0.5, 0.6) is 0 Å². The first-order valence-corrected chi connectivity index (χ1v) is 5.06. The van der Waals surface area contributed by atoms with Crippen molar-refractivity contribution in [3.63, 3.8) is 0 Å². The maximum Gasteiger partial charge on any atom is 0.187 e. The third-order valence-corrected chi connectivity index (χ3v) is 3.01. The molecule has 78 valence electrons. The second-order valence-corrected chi connectivity index (χ2v) is 4.21. The zero-order valence-electron chi connectivity index (χ0n) is 9.93. The quantitative estimate of drug-likeness (QED) is 0.672. The zero-order chi connectivity index (χ0) is 11.0. The average Bonchev–Trinajstić information content (AvgIpc) is 2.11. The molecule has 1 rings (SSSR count). The molecule has 0 N–H and O–H groups in total. The van der Waals surface area contributed by atoms with Gasteiger partial charge in [-0.05, 0) is 41.5 Å². The lowest BCUT2D eigenvalue weighted by Crippen LogP contribution is -2.22. The van der Waals surface area contributed by atoms with Crippen LogP contribution in [0.4, 0.5) is 0 Å². The monoisotopic (exact) mass is 193 g/mol. The number of rotatable bonds is 1. The normalized spacial score (nSPS) is 11.1. The van der Waals surface area contributed by atoms with Gasteiger partial charge in [-0.15, -0.1) is 0 Å². The van der Waals surface area contributed by atoms with E-state index in [9.17, 15) is 4.79 Å². The van der Waals surface area contributed by atoms with Gasteiger partial charge in [0.05, 0.1) is 0 Å². The summed E-state index contributed by atoms with van der Waals surface area (Å²) >= 11 is 0. The first-order valence-electron chi connectivity index (χ1n) is 5.06. The lowest BCUT2D eigenvalue weighted by atomic mass is 10.1. The van der Waals surface area contributed by atoms with E-state index in [0.29, 0.717) is 6.04 Å². The Kier molecular flexibility index (Phi) is 2.84. The first-order chi connectivity index (χ1) is 6.37. The van der Waals surface area contributed by atoms with Crippen molar-refractivity contribution in [3.05, 3.63) is 32.7 Å². The maximum absolute atomic E-state index is 11.8. The van der Waals surface area contributed by atoms with E-state index in [-0.39, 0.29) is 5.43 Å². The molecular weight excluding hydrogens is 174 g/mol. The fraction of sp³-hybridized carbons (Fsp3) is 0.583. The van der Waals surface area contributed by atoms with Gasteiger partial charge in [-0.3, -0.25) is 4.79 Å². The van der Waals surface area contributed by atoms with E-state index in [4.69, 9.17) is 0 Å². The topological polar surface area (TPSA) is 22.0 Å². The van der Waals surface area contributed by atoms with Crippen LogP contribution in [-0.4, -0.2) is 4.57 Å². The molecule has 0 saturated carbocycles. The molecule has 1 aromatic rings.